The van der Waals surface area contributed by atoms with Crippen LogP contribution in [0.1, 0.15) is 34.6 Å². The summed E-state index contributed by atoms with van der Waals surface area (Å²) < 4.78 is 43.1. The number of nitrogens with two attached hydrogens (primary N) is 1. The Balaban J connectivity index is 1.43. The number of carbonyl (C=O) groups excluding carboxylic acids is 2. The van der Waals surface area contributed by atoms with Crippen molar-refractivity contribution < 1.29 is 22.8 Å². The maximum absolute atomic E-state index is 13.9. The minimum absolute atomic E-state index is 0.115. The van der Waals surface area contributed by atoms with Crippen molar-refractivity contribution in [3.8, 4) is 0 Å². The van der Waals surface area contributed by atoms with E-state index in [-0.39, 0.29) is 24.4 Å². The first-order chi connectivity index (χ1) is 18.5. The number of alkyl halides is 3. The van der Waals surface area contributed by atoms with Crippen LogP contribution in [0.15, 0.2) is 42.6 Å². The molecule has 0 unspecified atom stereocenters. The van der Waals surface area contributed by atoms with Gasteiger partial charge in [0, 0.05) is 38.0 Å². The number of benzene rings is 2. The molecule has 200 valence electrons. The van der Waals surface area contributed by atoms with Gasteiger partial charge in [0.05, 0.1) is 39.2 Å². The van der Waals surface area contributed by atoms with Crippen LogP contribution in [0.25, 0.3) is 32.8 Å². The lowest BCUT2D eigenvalue weighted by Crippen LogP contribution is -2.47. The highest BCUT2D eigenvalue weighted by Crippen LogP contribution is 2.32. The summed E-state index contributed by atoms with van der Waals surface area (Å²) in [5, 5.41) is 8.28. The molecule has 2 amide bonds. The van der Waals surface area contributed by atoms with Crippen molar-refractivity contribution in [1.29, 1.82) is 0 Å². The topological polar surface area (TPSA) is 115 Å². The van der Waals surface area contributed by atoms with E-state index in [4.69, 9.17) is 5.73 Å². The molecule has 1 aliphatic heterocycles. The van der Waals surface area contributed by atoms with Gasteiger partial charge in [-0.1, -0.05) is 0 Å². The molecule has 0 radical (unpaired) electrons. The summed E-state index contributed by atoms with van der Waals surface area (Å²) in [6, 6.07) is 8.30. The fraction of sp³-hybridized carbons (Fsp3) is 0.269. The molecule has 5 aromatic rings. The Morgan fingerprint density at radius 1 is 1.08 bits per heavy atom. The third kappa shape index (κ3) is 4.01. The number of aryl methyl sites for hydroxylation is 2. The van der Waals surface area contributed by atoms with Crippen molar-refractivity contribution in [1.82, 2.24) is 34.3 Å². The van der Waals surface area contributed by atoms with Gasteiger partial charge in [-0.25, -0.2) is 15.0 Å². The molecule has 0 saturated carbocycles. The van der Waals surface area contributed by atoms with Crippen LogP contribution in [-0.2, 0) is 31.6 Å². The third-order valence-electron chi connectivity index (χ3n) is 7.12. The lowest BCUT2D eigenvalue weighted by molar-refractivity contribution is -0.140. The summed E-state index contributed by atoms with van der Waals surface area (Å²) in [7, 11) is 3.43. The van der Waals surface area contributed by atoms with Gasteiger partial charge in [0.15, 0.2) is 0 Å². The molecule has 4 heterocycles. The summed E-state index contributed by atoms with van der Waals surface area (Å²) in [5.74, 6) is -0.0146. The lowest BCUT2D eigenvalue weighted by Gasteiger charge is -2.31. The van der Waals surface area contributed by atoms with Gasteiger partial charge in [-0.3, -0.25) is 19.3 Å². The van der Waals surface area contributed by atoms with Gasteiger partial charge in [-0.2, -0.15) is 18.3 Å². The molecule has 3 aromatic heterocycles. The zero-order valence-electron chi connectivity index (χ0n) is 21.0. The van der Waals surface area contributed by atoms with Crippen molar-refractivity contribution in [2.45, 2.75) is 25.6 Å². The van der Waals surface area contributed by atoms with E-state index < -0.39 is 17.6 Å². The molecule has 1 fully saturated rings. The van der Waals surface area contributed by atoms with E-state index in [1.165, 1.54) is 16.1 Å². The number of fused-ring (bicyclic) bond motifs is 4. The van der Waals surface area contributed by atoms with E-state index in [0.717, 1.165) is 12.1 Å². The van der Waals surface area contributed by atoms with E-state index in [2.05, 4.69) is 15.1 Å². The fourth-order valence-corrected chi connectivity index (χ4v) is 5.10. The van der Waals surface area contributed by atoms with Crippen LogP contribution in [0.4, 0.5) is 19.0 Å². The van der Waals surface area contributed by atoms with Crippen molar-refractivity contribution in [2.24, 2.45) is 14.1 Å². The number of aromatic nitrogens is 5. The number of nitrogens with zero attached hydrogens (tertiary/aromatic N) is 7. The Bertz CT molecular complexity index is 1810. The number of amides is 2. The molecule has 0 spiro atoms. The molecule has 13 heteroatoms. The molecule has 6 rings (SSSR count). The molecule has 1 saturated heterocycles. The number of hydrazine groups is 1. The van der Waals surface area contributed by atoms with Crippen LogP contribution in [0.5, 0.6) is 0 Å². The third-order valence-corrected chi connectivity index (χ3v) is 7.12. The van der Waals surface area contributed by atoms with Crippen molar-refractivity contribution in [3.63, 3.8) is 0 Å². The molecule has 2 aromatic carbocycles. The van der Waals surface area contributed by atoms with Gasteiger partial charge < -0.3 is 10.3 Å². The lowest BCUT2D eigenvalue weighted by atomic mass is 10.1. The Morgan fingerprint density at radius 3 is 2.59 bits per heavy atom. The molecular formula is C26H23F3N8O2. The fourth-order valence-electron chi connectivity index (χ4n) is 5.10. The number of hydrogen-bond acceptors (Lipinski definition) is 6. The summed E-state index contributed by atoms with van der Waals surface area (Å²) in [4.78, 5) is 35.5. The van der Waals surface area contributed by atoms with Crippen LogP contribution in [0, 0.1) is 0 Å². The Morgan fingerprint density at radius 2 is 1.87 bits per heavy atom. The number of anilines is 1. The first-order valence-corrected chi connectivity index (χ1v) is 12.2. The average molecular weight is 537 g/mol. The maximum Gasteiger partial charge on any atom is 0.416 e. The molecule has 10 nitrogen and oxygen atoms in total. The highest BCUT2D eigenvalue weighted by molar-refractivity contribution is 6.10. The number of imidazole rings is 1. The zero-order chi connectivity index (χ0) is 27.6. The predicted molar refractivity (Wildman–Crippen MR) is 137 cm³/mol. The molecule has 0 aliphatic carbocycles. The van der Waals surface area contributed by atoms with Gasteiger partial charge in [-0.05, 0) is 42.8 Å². The maximum atomic E-state index is 13.9. The summed E-state index contributed by atoms with van der Waals surface area (Å²) >= 11 is 0. The van der Waals surface area contributed by atoms with Gasteiger partial charge in [-0.15, -0.1) is 0 Å². The van der Waals surface area contributed by atoms with Crippen LogP contribution < -0.4 is 5.73 Å². The summed E-state index contributed by atoms with van der Waals surface area (Å²) in [5.41, 5.74) is 7.50. The largest absolute Gasteiger partial charge is 0.416 e. The van der Waals surface area contributed by atoms with Crippen molar-refractivity contribution >= 4 is 50.5 Å². The average Bonchev–Trinajstić information content (AvgIpc) is 3.59. The highest BCUT2D eigenvalue weighted by atomic mass is 19.4. The van der Waals surface area contributed by atoms with Crippen LogP contribution >= 0.6 is 0 Å². The quantitative estimate of drug-likeness (QED) is 0.374. The monoisotopic (exact) mass is 536 g/mol. The second kappa shape index (κ2) is 8.68. The minimum atomic E-state index is -4.51. The number of halogens is 3. The molecule has 39 heavy (non-hydrogen) atoms. The predicted octanol–water partition coefficient (Wildman–Crippen LogP) is 3.79. The van der Waals surface area contributed by atoms with Gasteiger partial charge >= 0.3 is 6.18 Å². The normalized spacial score (nSPS) is 14.3. The smallest absolute Gasteiger partial charge is 0.383 e. The highest BCUT2D eigenvalue weighted by Gasteiger charge is 2.33. The van der Waals surface area contributed by atoms with Gasteiger partial charge in [0.1, 0.15) is 18.2 Å². The standard InChI is InChI=1S/C26H23F3N8O2/c1-34-20-8-6-15(26(27,28)29)11-19(20)32-21(34)13-37(36-9-3-4-22(36)38)25(39)14-5-7-18-16(10-14)23-17(24(30)33-18)12-31-35(23)2/h5-8,10-12H,3-4,9,13H2,1-2H3,(H2,30,33). The number of pyridine rings is 1. The Hall–Kier alpha value is -4.68. The van der Waals surface area contributed by atoms with Gasteiger partial charge in [0.25, 0.3) is 5.91 Å². The number of rotatable bonds is 4. The summed E-state index contributed by atoms with van der Waals surface area (Å²) in [6.07, 6.45) is -2.03. The van der Waals surface area contributed by atoms with E-state index >= 15 is 0 Å². The number of hydrogen-bond donors (Lipinski definition) is 1. The molecular weight excluding hydrogens is 513 g/mol. The number of nitrogen functional groups attached to an aromatic ring is 1. The molecule has 0 atom stereocenters. The first kappa shape index (κ1) is 24.6. The van der Waals surface area contributed by atoms with Gasteiger partial charge in [0.2, 0.25) is 5.91 Å². The van der Waals surface area contributed by atoms with E-state index in [9.17, 15) is 22.8 Å². The van der Waals surface area contributed by atoms with Crippen LogP contribution in [0.2, 0.25) is 0 Å². The molecule has 1 aliphatic rings. The van der Waals surface area contributed by atoms with Crippen molar-refractivity contribution in [3.05, 3.63) is 59.5 Å². The SMILES string of the molecule is Cn1ncc2c(N)nc3ccc(C(=O)N(Cc4nc5cc(C(F)(F)F)ccc5n4C)N4CCCC4=O)cc3c21. The van der Waals surface area contributed by atoms with Crippen molar-refractivity contribution in [2.75, 3.05) is 12.3 Å². The molecule has 0 bridgehead atoms. The molecule has 2 N–H and O–H groups in total. The Labute approximate surface area is 219 Å². The second-order valence-corrected chi connectivity index (χ2v) is 9.53. The summed E-state index contributed by atoms with van der Waals surface area (Å²) in [6.45, 7) is 0.223. The minimum Gasteiger partial charge on any atom is -0.383 e. The van der Waals surface area contributed by atoms with E-state index in [0.29, 0.717) is 57.5 Å². The zero-order valence-corrected chi connectivity index (χ0v) is 21.0. The van der Waals surface area contributed by atoms with E-state index in [1.807, 2.05) is 0 Å². The van der Waals surface area contributed by atoms with Crippen LogP contribution in [-0.4, -0.2) is 52.7 Å². The number of carbonyl (C=O) groups is 2. The second-order valence-electron chi connectivity index (χ2n) is 9.53. The first-order valence-electron chi connectivity index (χ1n) is 12.2. The van der Waals surface area contributed by atoms with Crippen LogP contribution in [0.3, 0.4) is 0 Å². The Kier molecular flexibility index (Phi) is 5.49. The van der Waals surface area contributed by atoms with E-state index in [1.54, 1.807) is 47.7 Å².